The summed E-state index contributed by atoms with van der Waals surface area (Å²) in [7, 11) is 1.79. The highest BCUT2D eigenvalue weighted by Gasteiger charge is 2.31. The van der Waals surface area contributed by atoms with Gasteiger partial charge in [-0.1, -0.05) is 31.5 Å². The Labute approximate surface area is 125 Å². The molecule has 1 amide bonds. The van der Waals surface area contributed by atoms with Crippen LogP contribution >= 0.6 is 11.6 Å². The third-order valence-electron chi connectivity index (χ3n) is 3.36. The Balaban J connectivity index is 2.01. The number of carbonyl (C=O) groups is 1. The van der Waals surface area contributed by atoms with Crippen molar-refractivity contribution in [2.24, 2.45) is 0 Å². The van der Waals surface area contributed by atoms with Crippen LogP contribution in [-0.4, -0.2) is 36.5 Å². The molecular weight excluding hydrogens is 276 g/mol. The van der Waals surface area contributed by atoms with Crippen LogP contribution in [0.3, 0.4) is 0 Å². The van der Waals surface area contributed by atoms with Crippen molar-refractivity contribution in [2.75, 3.05) is 13.6 Å². The molecule has 1 N–H and O–H groups in total. The average Bonchev–Trinajstić information content (AvgIpc) is 2.71. The molecule has 1 aliphatic heterocycles. The molecule has 0 aliphatic carbocycles. The molecule has 1 saturated heterocycles. The molecule has 1 atom stereocenters. The maximum Gasteiger partial charge on any atom is 0.263 e. The quantitative estimate of drug-likeness (QED) is 0.907. The summed E-state index contributed by atoms with van der Waals surface area (Å²) in [4.78, 5) is 13.5. The number of halogens is 1. The van der Waals surface area contributed by atoms with Gasteiger partial charge in [0.05, 0.1) is 5.02 Å². The number of likely N-dealkylation sites (tertiary alicyclic amines) is 1. The molecule has 5 heteroatoms. The monoisotopic (exact) mass is 296 g/mol. The zero-order valence-electron chi connectivity index (χ0n) is 12.1. The lowest BCUT2D eigenvalue weighted by Gasteiger charge is -2.15. The first kappa shape index (κ1) is 15.1. The van der Waals surface area contributed by atoms with E-state index in [0.717, 1.165) is 18.7 Å². The molecule has 0 spiro atoms. The van der Waals surface area contributed by atoms with Gasteiger partial charge < -0.3 is 15.0 Å². The molecule has 110 valence electrons. The van der Waals surface area contributed by atoms with E-state index in [2.05, 4.69) is 19.2 Å². The maximum absolute atomic E-state index is 11.8. The summed E-state index contributed by atoms with van der Waals surface area (Å²) >= 11 is 6.23. The molecule has 4 nitrogen and oxygen atoms in total. The van der Waals surface area contributed by atoms with Crippen LogP contribution < -0.4 is 10.1 Å². The van der Waals surface area contributed by atoms with Gasteiger partial charge in [-0.2, -0.15) is 0 Å². The first-order valence-electron chi connectivity index (χ1n) is 6.91. The third kappa shape index (κ3) is 3.64. The van der Waals surface area contributed by atoms with Crippen molar-refractivity contribution in [2.45, 2.75) is 39.0 Å². The van der Waals surface area contributed by atoms with E-state index >= 15 is 0 Å². The molecule has 2 rings (SSSR count). The van der Waals surface area contributed by atoms with Crippen molar-refractivity contribution in [3.05, 3.63) is 28.8 Å². The first-order chi connectivity index (χ1) is 9.47. The van der Waals surface area contributed by atoms with Crippen LogP contribution in [0.5, 0.6) is 5.75 Å². The summed E-state index contributed by atoms with van der Waals surface area (Å²) in [5.41, 5.74) is 1.10. The van der Waals surface area contributed by atoms with Gasteiger partial charge in [0, 0.05) is 32.6 Å². The zero-order chi connectivity index (χ0) is 14.7. The van der Waals surface area contributed by atoms with Gasteiger partial charge in [-0.15, -0.1) is 0 Å². The van der Waals surface area contributed by atoms with Crippen LogP contribution in [0.25, 0.3) is 0 Å². The van der Waals surface area contributed by atoms with E-state index in [9.17, 15) is 4.79 Å². The molecule has 0 saturated carbocycles. The lowest BCUT2D eigenvalue weighted by Crippen LogP contribution is -2.29. The zero-order valence-corrected chi connectivity index (χ0v) is 12.9. The molecular formula is C15H21ClN2O2. The average molecular weight is 297 g/mol. The second-order valence-electron chi connectivity index (χ2n) is 5.46. The number of ether oxygens (including phenoxy) is 1. The maximum atomic E-state index is 11.8. The Morgan fingerprint density at radius 2 is 2.25 bits per heavy atom. The largest absolute Gasteiger partial charge is 0.479 e. The van der Waals surface area contributed by atoms with E-state index < -0.39 is 6.10 Å². The van der Waals surface area contributed by atoms with Gasteiger partial charge in [0.25, 0.3) is 5.91 Å². The number of likely N-dealkylation sites (N-methyl/N-ethyl adjacent to an activating group) is 1. The fourth-order valence-corrected chi connectivity index (χ4v) is 2.37. The van der Waals surface area contributed by atoms with Crippen molar-refractivity contribution < 1.29 is 9.53 Å². The summed E-state index contributed by atoms with van der Waals surface area (Å²) in [6, 6.07) is 6.12. The predicted molar refractivity (Wildman–Crippen MR) is 80.1 cm³/mol. The third-order valence-corrected chi connectivity index (χ3v) is 3.65. The minimum absolute atomic E-state index is 0.0200. The minimum atomic E-state index is -0.405. The van der Waals surface area contributed by atoms with Gasteiger partial charge >= 0.3 is 0 Å². The second-order valence-corrected chi connectivity index (χ2v) is 5.86. The van der Waals surface area contributed by atoms with Gasteiger partial charge in [-0.05, 0) is 17.7 Å². The lowest BCUT2D eigenvalue weighted by atomic mass is 10.2. The summed E-state index contributed by atoms with van der Waals surface area (Å²) in [6.07, 6.45) is 0.305. The number of nitrogens with zero attached hydrogens (tertiary/aromatic N) is 1. The van der Waals surface area contributed by atoms with Crippen LogP contribution in [0, 0.1) is 0 Å². The van der Waals surface area contributed by atoms with Gasteiger partial charge in [0.15, 0.2) is 6.10 Å². The lowest BCUT2D eigenvalue weighted by molar-refractivity contribution is -0.132. The van der Waals surface area contributed by atoms with Crippen LogP contribution in [0.1, 0.15) is 25.8 Å². The molecule has 1 unspecified atom stereocenters. The minimum Gasteiger partial charge on any atom is -0.479 e. The van der Waals surface area contributed by atoms with E-state index in [1.807, 2.05) is 18.2 Å². The highest BCUT2D eigenvalue weighted by Crippen LogP contribution is 2.28. The Bertz CT molecular complexity index is 491. The van der Waals surface area contributed by atoms with Crippen molar-refractivity contribution in [1.29, 1.82) is 0 Å². The Morgan fingerprint density at radius 1 is 1.50 bits per heavy atom. The number of rotatable bonds is 5. The van der Waals surface area contributed by atoms with Crippen LogP contribution in [0.4, 0.5) is 0 Å². The standard InChI is InChI=1S/C15H21ClN2O2/c1-10(2)17-9-11-4-5-13(12(16)8-11)20-14-6-7-18(3)15(14)19/h4-5,8,10,14,17H,6-7,9H2,1-3H3. The van der Waals surface area contributed by atoms with Crippen molar-refractivity contribution in [1.82, 2.24) is 10.2 Å². The molecule has 1 heterocycles. The summed E-state index contributed by atoms with van der Waals surface area (Å²) in [5, 5.41) is 3.89. The molecule has 1 fully saturated rings. The van der Waals surface area contributed by atoms with Crippen molar-refractivity contribution in [3.63, 3.8) is 0 Å². The van der Waals surface area contributed by atoms with Gasteiger partial charge in [0.1, 0.15) is 5.75 Å². The Hall–Kier alpha value is -1.26. The second kappa shape index (κ2) is 6.46. The van der Waals surface area contributed by atoms with E-state index in [1.54, 1.807) is 11.9 Å². The fraction of sp³-hybridized carbons (Fsp3) is 0.533. The van der Waals surface area contributed by atoms with Crippen LogP contribution in [-0.2, 0) is 11.3 Å². The highest BCUT2D eigenvalue weighted by molar-refractivity contribution is 6.32. The highest BCUT2D eigenvalue weighted by atomic mass is 35.5. The van der Waals surface area contributed by atoms with E-state index in [4.69, 9.17) is 16.3 Å². The predicted octanol–water partition coefficient (Wildman–Crippen LogP) is 2.45. The SMILES string of the molecule is CC(C)NCc1ccc(OC2CCN(C)C2=O)c(Cl)c1. The van der Waals surface area contributed by atoms with E-state index in [0.29, 0.717) is 23.2 Å². The number of nitrogens with one attached hydrogen (secondary N) is 1. The van der Waals surface area contributed by atoms with Gasteiger partial charge in [-0.3, -0.25) is 4.79 Å². The molecule has 1 aromatic carbocycles. The number of benzene rings is 1. The molecule has 1 aliphatic rings. The normalized spacial score (nSPS) is 18.9. The molecule has 0 aromatic heterocycles. The van der Waals surface area contributed by atoms with Crippen LogP contribution in [0.15, 0.2) is 18.2 Å². The Kier molecular flexibility index (Phi) is 4.89. The topological polar surface area (TPSA) is 41.6 Å². The molecule has 1 aromatic rings. The number of hydrogen-bond donors (Lipinski definition) is 1. The van der Waals surface area contributed by atoms with E-state index in [1.165, 1.54) is 0 Å². The summed E-state index contributed by atoms with van der Waals surface area (Å²) in [5.74, 6) is 0.597. The van der Waals surface area contributed by atoms with Crippen LogP contribution in [0.2, 0.25) is 5.02 Å². The fourth-order valence-electron chi connectivity index (χ4n) is 2.12. The molecule has 0 bridgehead atoms. The van der Waals surface area contributed by atoms with Crippen molar-refractivity contribution >= 4 is 17.5 Å². The molecule has 0 radical (unpaired) electrons. The summed E-state index contributed by atoms with van der Waals surface area (Å²) in [6.45, 7) is 5.70. The van der Waals surface area contributed by atoms with E-state index in [-0.39, 0.29) is 5.91 Å². The number of carbonyl (C=O) groups excluding carboxylic acids is 1. The number of amides is 1. The summed E-state index contributed by atoms with van der Waals surface area (Å²) < 4.78 is 5.73. The Morgan fingerprint density at radius 3 is 2.80 bits per heavy atom. The molecule has 20 heavy (non-hydrogen) atoms. The van der Waals surface area contributed by atoms with Gasteiger partial charge in [-0.25, -0.2) is 0 Å². The smallest absolute Gasteiger partial charge is 0.263 e. The number of hydrogen-bond acceptors (Lipinski definition) is 3. The van der Waals surface area contributed by atoms with Crippen molar-refractivity contribution in [3.8, 4) is 5.75 Å². The van der Waals surface area contributed by atoms with Gasteiger partial charge in [0.2, 0.25) is 0 Å². The first-order valence-corrected chi connectivity index (χ1v) is 7.28.